The molecule has 1 saturated heterocycles. The lowest BCUT2D eigenvalue weighted by atomic mass is 10.1. The Morgan fingerprint density at radius 2 is 2.37 bits per heavy atom. The van der Waals surface area contributed by atoms with Crippen molar-refractivity contribution in [3.8, 4) is 5.75 Å². The number of rotatable bonds is 6. The highest BCUT2D eigenvalue weighted by Crippen LogP contribution is 2.28. The summed E-state index contributed by atoms with van der Waals surface area (Å²) in [5.41, 5.74) is 0.803. The molecule has 2 atom stereocenters. The lowest BCUT2D eigenvalue weighted by Crippen LogP contribution is -2.07. The molecule has 4 heteroatoms. The first-order valence-electron chi connectivity index (χ1n) is 6.88. The Balaban J connectivity index is 1.76. The van der Waals surface area contributed by atoms with E-state index in [-0.39, 0.29) is 0 Å². The van der Waals surface area contributed by atoms with Gasteiger partial charge in [0, 0.05) is 6.61 Å². The van der Waals surface area contributed by atoms with Crippen LogP contribution in [0.25, 0.3) is 0 Å². The van der Waals surface area contributed by atoms with Crippen LogP contribution in [0.2, 0.25) is 5.02 Å². The highest BCUT2D eigenvalue weighted by atomic mass is 35.5. The van der Waals surface area contributed by atoms with E-state index >= 15 is 0 Å². The van der Waals surface area contributed by atoms with Crippen molar-refractivity contribution < 1.29 is 14.6 Å². The first-order valence-corrected chi connectivity index (χ1v) is 7.26. The van der Waals surface area contributed by atoms with Crippen LogP contribution < -0.4 is 4.74 Å². The van der Waals surface area contributed by atoms with Crippen molar-refractivity contribution in [3.63, 3.8) is 0 Å². The first kappa shape index (κ1) is 14.6. The van der Waals surface area contributed by atoms with Gasteiger partial charge in [-0.2, -0.15) is 0 Å². The predicted octanol–water partition coefficient (Wildman–Crippen LogP) is 3.73. The second kappa shape index (κ2) is 7.13. The largest absolute Gasteiger partial charge is 0.492 e. The van der Waals surface area contributed by atoms with Gasteiger partial charge in [0.05, 0.1) is 23.8 Å². The summed E-state index contributed by atoms with van der Waals surface area (Å²) >= 11 is 6.12. The number of hydrogen-bond acceptors (Lipinski definition) is 3. The van der Waals surface area contributed by atoms with E-state index in [1.165, 1.54) is 12.8 Å². The van der Waals surface area contributed by atoms with E-state index in [2.05, 4.69) is 0 Å². The Kier molecular flexibility index (Phi) is 5.49. The van der Waals surface area contributed by atoms with Gasteiger partial charge in [-0.05, 0) is 50.3 Å². The Bertz CT molecular complexity index is 400. The molecule has 3 nitrogen and oxygen atoms in total. The molecule has 1 heterocycles. The van der Waals surface area contributed by atoms with Crippen molar-refractivity contribution in [2.24, 2.45) is 0 Å². The van der Waals surface area contributed by atoms with Crippen molar-refractivity contribution in [3.05, 3.63) is 28.8 Å². The van der Waals surface area contributed by atoms with Gasteiger partial charge in [-0.1, -0.05) is 17.7 Å². The van der Waals surface area contributed by atoms with Gasteiger partial charge in [0.25, 0.3) is 0 Å². The smallest absolute Gasteiger partial charge is 0.137 e. The average molecular weight is 285 g/mol. The molecular weight excluding hydrogens is 264 g/mol. The van der Waals surface area contributed by atoms with Crippen LogP contribution in [0, 0.1) is 0 Å². The monoisotopic (exact) mass is 284 g/mol. The minimum absolute atomic E-state index is 0.414. The summed E-state index contributed by atoms with van der Waals surface area (Å²) in [7, 11) is 0. The maximum Gasteiger partial charge on any atom is 0.137 e. The SMILES string of the molecule is C[C@@H](O)c1ccc(OCCCC2CCCO2)c(Cl)c1. The van der Waals surface area contributed by atoms with Crippen LogP contribution in [-0.4, -0.2) is 24.4 Å². The van der Waals surface area contributed by atoms with Crippen LogP contribution in [0.1, 0.15) is 44.3 Å². The van der Waals surface area contributed by atoms with Gasteiger partial charge in [-0.15, -0.1) is 0 Å². The highest BCUT2D eigenvalue weighted by Gasteiger charge is 2.14. The van der Waals surface area contributed by atoms with Crippen molar-refractivity contribution in [2.75, 3.05) is 13.2 Å². The van der Waals surface area contributed by atoms with Crippen LogP contribution in [-0.2, 0) is 4.74 Å². The molecule has 1 aromatic rings. The topological polar surface area (TPSA) is 38.7 Å². The quantitative estimate of drug-likeness (QED) is 0.809. The first-order chi connectivity index (χ1) is 9.16. The van der Waals surface area contributed by atoms with Gasteiger partial charge in [0.15, 0.2) is 0 Å². The van der Waals surface area contributed by atoms with Crippen LogP contribution >= 0.6 is 11.6 Å². The van der Waals surface area contributed by atoms with Crippen LogP contribution in [0.3, 0.4) is 0 Å². The summed E-state index contributed by atoms with van der Waals surface area (Å²) in [6, 6.07) is 5.41. The summed E-state index contributed by atoms with van der Waals surface area (Å²) in [6.07, 6.45) is 4.27. The molecule has 2 rings (SSSR count). The third kappa shape index (κ3) is 4.37. The molecule has 1 aliphatic rings. The summed E-state index contributed by atoms with van der Waals surface area (Å²) in [6.45, 7) is 3.26. The molecule has 0 saturated carbocycles. The number of aliphatic hydroxyl groups is 1. The van der Waals surface area contributed by atoms with Crippen LogP contribution in [0.5, 0.6) is 5.75 Å². The van der Waals surface area contributed by atoms with Gasteiger partial charge in [0.2, 0.25) is 0 Å². The molecule has 0 amide bonds. The zero-order chi connectivity index (χ0) is 13.7. The van der Waals surface area contributed by atoms with E-state index in [4.69, 9.17) is 21.1 Å². The van der Waals surface area contributed by atoms with Crippen molar-refractivity contribution >= 4 is 11.6 Å². The fourth-order valence-corrected chi connectivity index (χ4v) is 2.50. The van der Waals surface area contributed by atoms with Crippen molar-refractivity contribution in [2.45, 2.75) is 44.8 Å². The van der Waals surface area contributed by atoms with Gasteiger partial charge in [0.1, 0.15) is 5.75 Å². The zero-order valence-corrected chi connectivity index (χ0v) is 12.0. The fourth-order valence-electron chi connectivity index (χ4n) is 2.26. The standard InChI is InChI=1S/C15H21ClO3/c1-11(17)12-6-7-15(14(16)10-12)19-9-3-5-13-4-2-8-18-13/h6-7,10-11,13,17H,2-5,8-9H2,1H3/t11-,13?/m1/s1. The van der Waals surface area contributed by atoms with Gasteiger partial charge in [-0.3, -0.25) is 0 Å². The molecule has 1 aliphatic heterocycles. The lowest BCUT2D eigenvalue weighted by Gasteiger charge is -2.12. The Hall–Kier alpha value is -0.770. The van der Waals surface area contributed by atoms with E-state index in [1.807, 2.05) is 12.1 Å². The van der Waals surface area contributed by atoms with Crippen molar-refractivity contribution in [1.29, 1.82) is 0 Å². The highest BCUT2D eigenvalue weighted by molar-refractivity contribution is 6.32. The molecule has 1 fully saturated rings. The van der Waals surface area contributed by atoms with E-state index in [0.29, 0.717) is 23.5 Å². The molecule has 1 unspecified atom stereocenters. The second-order valence-corrected chi connectivity index (χ2v) is 5.40. The van der Waals surface area contributed by atoms with Crippen molar-refractivity contribution in [1.82, 2.24) is 0 Å². The maximum absolute atomic E-state index is 9.46. The summed E-state index contributed by atoms with van der Waals surface area (Å²) < 4.78 is 11.2. The van der Waals surface area contributed by atoms with Gasteiger partial charge < -0.3 is 14.6 Å². The minimum atomic E-state index is -0.508. The maximum atomic E-state index is 9.46. The third-order valence-corrected chi connectivity index (χ3v) is 3.69. The molecular formula is C15H21ClO3. The molecule has 0 radical (unpaired) electrons. The number of ether oxygens (including phenoxy) is 2. The van der Waals surface area contributed by atoms with E-state index in [1.54, 1.807) is 13.0 Å². The summed E-state index contributed by atoms with van der Waals surface area (Å²) in [5, 5.41) is 10.0. The molecule has 0 spiro atoms. The molecule has 0 aliphatic carbocycles. The molecule has 0 bridgehead atoms. The van der Waals surface area contributed by atoms with E-state index in [9.17, 15) is 5.11 Å². The molecule has 1 N–H and O–H groups in total. The summed E-state index contributed by atoms with van der Waals surface area (Å²) in [5.74, 6) is 0.679. The Morgan fingerprint density at radius 3 is 3.00 bits per heavy atom. The molecule has 19 heavy (non-hydrogen) atoms. The molecule has 0 aromatic heterocycles. The second-order valence-electron chi connectivity index (χ2n) is 4.99. The van der Waals surface area contributed by atoms with Crippen LogP contribution in [0.4, 0.5) is 0 Å². The fraction of sp³-hybridized carbons (Fsp3) is 0.600. The van der Waals surface area contributed by atoms with Crippen LogP contribution in [0.15, 0.2) is 18.2 Å². The Morgan fingerprint density at radius 1 is 1.53 bits per heavy atom. The number of hydrogen-bond donors (Lipinski definition) is 1. The average Bonchev–Trinajstić information content (AvgIpc) is 2.89. The van der Waals surface area contributed by atoms with Gasteiger partial charge in [-0.25, -0.2) is 0 Å². The van der Waals surface area contributed by atoms with E-state index < -0.39 is 6.10 Å². The molecule has 106 valence electrons. The normalized spacial score (nSPS) is 20.5. The Labute approximate surface area is 119 Å². The lowest BCUT2D eigenvalue weighted by molar-refractivity contribution is 0.0981. The summed E-state index contributed by atoms with van der Waals surface area (Å²) in [4.78, 5) is 0. The number of halogens is 1. The number of benzene rings is 1. The van der Waals surface area contributed by atoms with Gasteiger partial charge >= 0.3 is 0 Å². The third-order valence-electron chi connectivity index (χ3n) is 3.39. The van der Waals surface area contributed by atoms with E-state index in [0.717, 1.165) is 25.0 Å². The number of aliphatic hydroxyl groups excluding tert-OH is 1. The minimum Gasteiger partial charge on any atom is -0.492 e. The molecule has 1 aromatic carbocycles. The zero-order valence-electron chi connectivity index (χ0n) is 11.3. The predicted molar refractivity (Wildman–Crippen MR) is 75.8 cm³/mol.